The van der Waals surface area contributed by atoms with Gasteiger partial charge in [-0.25, -0.2) is 4.79 Å². The highest BCUT2D eigenvalue weighted by atomic mass is 16.5. The fraction of sp³-hybridized carbons (Fsp3) is 0.167. The van der Waals surface area contributed by atoms with Crippen LogP contribution in [0.5, 0.6) is 5.75 Å². The van der Waals surface area contributed by atoms with Crippen LogP contribution in [0, 0.1) is 0 Å². The summed E-state index contributed by atoms with van der Waals surface area (Å²) in [6.07, 6.45) is 2.71. The second-order valence-electron chi connectivity index (χ2n) is 5.51. The van der Waals surface area contributed by atoms with Gasteiger partial charge in [-0.05, 0) is 48.4 Å². The van der Waals surface area contributed by atoms with Crippen molar-refractivity contribution in [2.24, 2.45) is 0 Å². The quantitative estimate of drug-likeness (QED) is 0.522. The van der Waals surface area contributed by atoms with Crippen molar-refractivity contribution >= 4 is 28.2 Å². The summed E-state index contributed by atoms with van der Waals surface area (Å²) in [4.78, 5) is 14.5. The van der Waals surface area contributed by atoms with E-state index >= 15 is 0 Å². The van der Waals surface area contributed by atoms with Gasteiger partial charge in [0.15, 0.2) is 0 Å². The first kappa shape index (κ1) is 15.7. The molecule has 0 atom stereocenters. The summed E-state index contributed by atoms with van der Waals surface area (Å²) in [6.45, 7) is 0.606. The summed E-state index contributed by atoms with van der Waals surface area (Å²) in [6, 6.07) is 10.7. The normalized spacial score (nSPS) is 10.7. The van der Waals surface area contributed by atoms with Gasteiger partial charge in [0.25, 0.3) is 0 Å². The van der Waals surface area contributed by atoms with Crippen molar-refractivity contribution in [3.05, 3.63) is 53.7 Å². The largest absolute Gasteiger partial charge is 0.497 e. The lowest BCUT2D eigenvalue weighted by Crippen LogP contribution is -2.10. The first-order valence-corrected chi connectivity index (χ1v) is 7.59. The van der Waals surface area contributed by atoms with Gasteiger partial charge >= 0.3 is 5.97 Å². The Balaban J connectivity index is 1.74. The van der Waals surface area contributed by atoms with E-state index in [1.165, 1.54) is 6.07 Å². The van der Waals surface area contributed by atoms with Crippen LogP contribution < -0.4 is 15.8 Å². The predicted octanol–water partition coefficient (Wildman–Crippen LogP) is 3.11. The number of nitrogens with one attached hydrogen (secondary N) is 2. The van der Waals surface area contributed by atoms with E-state index in [1.807, 2.05) is 24.4 Å². The molecule has 0 fully saturated rings. The minimum Gasteiger partial charge on any atom is -0.497 e. The van der Waals surface area contributed by atoms with Crippen LogP contribution in [0.3, 0.4) is 0 Å². The van der Waals surface area contributed by atoms with Gasteiger partial charge in [0, 0.05) is 35.0 Å². The number of nitrogens with two attached hydrogens (primary N) is 1. The number of carbonyl (C=O) groups is 1. The topological polar surface area (TPSA) is 100 Å². The van der Waals surface area contributed by atoms with Crippen LogP contribution in [0.4, 0.5) is 11.4 Å². The molecule has 0 spiro atoms. The van der Waals surface area contributed by atoms with Crippen LogP contribution in [0.1, 0.15) is 15.9 Å². The molecule has 24 heavy (non-hydrogen) atoms. The minimum absolute atomic E-state index is 0.176. The van der Waals surface area contributed by atoms with Crippen LogP contribution in [-0.4, -0.2) is 29.7 Å². The Hall–Kier alpha value is -3.15. The molecule has 5 N–H and O–H groups in total. The van der Waals surface area contributed by atoms with Gasteiger partial charge in [0.1, 0.15) is 5.75 Å². The molecule has 1 aromatic heterocycles. The van der Waals surface area contributed by atoms with Crippen molar-refractivity contribution in [1.82, 2.24) is 4.98 Å². The number of fused-ring (bicyclic) bond motifs is 1. The van der Waals surface area contributed by atoms with E-state index in [0.29, 0.717) is 17.9 Å². The lowest BCUT2D eigenvalue weighted by Gasteiger charge is -2.10. The maximum Gasteiger partial charge on any atom is 0.337 e. The number of carboxylic acids is 1. The maximum atomic E-state index is 11.3. The molecule has 0 aliphatic heterocycles. The third-order valence-electron chi connectivity index (χ3n) is 3.96. The van der Waals surface area contributed by atoms with E-state index in [-0.39, 0.29) is 5.56 Å². The Morgan fingerprint density at radius 2 is 2.12 bits per heavy atom. The van der Waals surface area contributed by atoms with Crippen LogP contribution in [-0.2, 0) is 6.42 Å². The number of H-pyrrole nitrogens is 1. The standard InChI is InChI=1S/C18H19N3O3/c1-24-13-3-5-16-14(9-13)11(10-21-16)6-7-20-17-4-2-12(19)8-15(17)18(22)23/h2-5,8-10,20-21H,6-7,19H2,1H3,(H,22,23). The highest BCUT2D eigenvalue weighted by Gasteiger charge is 2.11. The zero-order valence-electron chi connectivity index (χ0n) is 13.3. The second-order valence-corrected chi connectivity index (χ2v) is 5.51. The summed E-state index contributed by atoms with van der Waals surface area (Å²) in [5.41, 5.74) is 9.01. The maximum absolute atomic E-state index is 11.3. The van der Waals surface area contributed by atoms with Crippen molar-refractivity contribution in [3.8, 4) is 5.75 Å². The number of aromatic nitrogens is 1. The number of aromatic amines is 1. The predicted molar refractivity (Wildman–Crippen MR) is 94.9 cm³/mol. The molecule has 0 aliphatic rings. The molecule has 0 unspecified atom stereocenters. The third kappa shape index (κ3) is 3.12. The molecule has 0 saturated carbocycles. The zero-order valence-corrected chi connectivity index (χ0v) is 13.3. The average Bonchev–Trinajstić information content (AvgIpc) is 2.98. The number of rotatable bonds is 6. The van der Waals surface area contributed by atoms with Crippen LogP contribution >= 0.6 is 0 Å². The number of methoxy groups -OCH3 is 1. The SMILES string of the molecule is COc1ccc2[nH]cc(CCNc3ccc(N)cc3C(=O)O)c2c1. The fourth-order valence-corrected chi connectivity index (χ4v) is 2.72. The van der Waals surface area contributed by atoms with Gasteiger partial charge < -0.3 is 25.9 Å². The number of benzene rings is 2. The number of hydrogen-bond donors (Lipinski definition) is 4. The van der Waals surface area contributed by atoms with Crippen LogP contribution in [0.25, 0.3) is 10.9 Å². The van der Waals surface area contributed by atoms with Gasteiger partial charge in [-0.3, -0.25) is 0 Å². The molecule has 3 aromatic rings. The van der Waals surface area contributed by atoms with Crippen LogP contribution in [0.2, 0.25) is 0 Å². The summed E-state index contributed by atoms with van der Waals surface area (Å²) in [5, 5.41) is 13.5. The number of nitrogen functional groups attached to an aromatic ring is 1. The summed E-state index contributed by atoms with van der Waals surface area (Å²) < 4.78 is 5.27. The Kier molecular flexibility index (Phi) is 4.29. The molecule has 0 amide bonds. The molecule has 6 heteroatoms. The number of hydrogen-bond acceptors (Lipinski definition) is 4. The Morgan fingerprint density at radius 1 is 1.29 bits per heavy atom. The van der Waals surface area contributed by atoms with E-state index in [2.05, 4.69) is 10.3 Å². The zero-order chi connectivity index (χ0) is 17.1. The average molecular weight is 325 g/mol. The lowest BCUT2D eigenvalue weighted by molar-refractivity contribution is 0.0698. The molecule has 124 valence electrons. The van der Waals surface area contributed by atoms with Gasteiger partial charge in [0.05, 0.1) is 12.7 Å². The molecule has 0 bridgehead atoms. The van der Waals surface area contributed by atoms with Crippen molar-refractivity contribution in [3.63, 3.8) is 0 Å². The summed E-state index contributed by atoms with van der Waals surface area (Å²) in [7, 11) is 1.64. The first-order valence-electron chi connectivity index (χ1n) is 7.59. The summed E-state index contributed by atoms with van der Waals surface area (Å²) >= 11 is 0. The van der Waals surface area contributed by atoms with Crippen molar-refractivity contribution < 1.29 is 14.6 Å². The minimum atomic E-state index is -0.998. The molecule has 6 nitrogen and oxygen atoms in total. The van der Waals surface area contributed by atoms with Crippen LogP contribution in [0.15, 0.2) is 42.6 Å². The number of carboxylic acid groups (broad SMARTS) is 1. The lowest BCUT2D eigenvalue weighted by atomic mass is 10.1. The van der Waals surface area contributed by atoms with Crippen molar-refractivity contribution in [2.75, 3.05) is 24.7 Å². The Morgan fingerprint density at radius 3 is 2.88 bits per heavy atom. The number of ether oxygens (including phenoxy) is 1. The molecule has 1 heterocycles. The molecular weight excluding hydrogens is 306 g/mol. The Labute approximate surface area is 139 Å². The number of anilines is 2. The van der Waals surface area contributed by atoms with Gasteiger partial charge in [-0.15, -0.1) is 0 Å². The molecule has 0 radical (unpaired) electrons. The van der Waals surface area contributed by atoms with Gasteiger partial charge in [-0.1, -0.05) is 0 Å². The smallest absolute Gasteiger partial charge is 0.337 e. The molecule has 0 saturated heterocycles. The third-order valence-corrected chi connectivity index (χ3v) is 3.96. The highest BCUT2D eigenvalue weighted by Crippen LogP contribution is 2.24. The van der Waals surface area contributed by atoms with E-state index in [0.717, 1.165) is 28.6 Å². The highest BCUT2D eigenvalue weighted by molar-refractivity contribution is 5.95. The van der Waals surface area contributed by atoms with Crippen molar-refractivity contribution in [2.45, 2.75) is 6.42 Å². The van der Waals surface area contributed by atoms with E-state index in [4.69, 9.17) is 10.5 Å². The van der Waals surface area contributed by atoms with Gasteiger partial charge in [-0.2, -0.15) is 0 Å². The molecule has 2 aromatic carbocycles. The number of aromatic carboxylic acids is 1. The van der Waals surface area contributed by atoms with E-state index < -0.39 is 5.97 Å². The monoisotopic (exact) mass is 325 g/mol. The second kappa shape index (κ2) is 6.54. The molecular formula is C18H19N3O3. The fourth-order valence-electron chi connectivity index (χ4n) is 2.72. The van der Waals surface area contributed by atoms with E-state index in [1.54, 1.807) is 19.2 Å². The first-order chi connectivity index (χ1) is 11.6. The Bertz CT molecular complexity index is 886. The molecule has 3 rings (SSSR count). The summed E-state index contributed by atoms with van der Waals surface area (Å²) in [5.74, 6) is -0.190. The van der Waals surface area contributed by atoms with Gasteiger partial charge in [0.2, 0.25) is 0 Å². The molecule has 0 aliphatic carbocycles. The van der Waals surface area contributed by atoms with E-state index in [9.17, 15) is 9.90 Å². The van der Waals surface area contributed by atoms with Crippen molar-refractivity contribution in [1.29, 1.82) is 0 Å².